The lowest BCUT2D eigenvalue weighted by Gasteiger charge is -2.26. The summed E-state index contributed by atoms with van der Waals surface area (Å²) >= 11 is 2.95. The van der Waals surface area contributed by atoms with Gasteiger partial charge in [-0.1, -0.05) is 0 Å². The van der Waals surface area contributed by atoms with Crippen LogP contribution >= 0.6 is 23.5 Å². The van der Waals surface area contributed by atoms with Gasteiger partial charge in [-0.15, -0.1) is 0 Å². The lowest BCUT2D eigenvalue weighted by Crippen LogP contribution is -2.59. The summed E-state index contributed by atoms with van der Waals surface area (Å²) in [6, 6.07) is -3.70. The Bertz CT molecular complexity index is 616. The molecule has 0 aromatic rings. The van der Waals surface area contributed by atoms with Gasteiger partial charge in [-0.05, 0) is 63.2 Å². The average molecular weight is 479 g/mol. The Labute approximate surface area is 191 Å². The predicted molar refractivity (Wildman–Crippen MR) is 122 cm³/mol. The molecule has 0 aromatic carbocycles. The maximum Gasteiger partial charge on any atom is 0.326 e. The molecule has 0 aromatic heterocycles. The molecular weight excluding hydrogens is 444 g/mol. The number of amides is 3. The predicted octanol–water partition coefficient (Wildman–Crippen LogP) is -0.836. The van der Waals surface area contributed by atoms with Gasteiger partial charge in [0, 0.05) is 0 Å². The zero-order valence-corrected chi connectivity index (χ0v) is 19.8. The fourth-order valence-corrected chi connectivity index (χ4v) is 4.04. The van der Waals surface area contributed by atoms with Crippen molar-refractivity contribution < 1.29 is 29.4 Å². The largest absolute Gasteiger partial charge is 0.480 e. The number of hydrogen-bond acceptors (Lipinski definition) is 8. The molecule has 6 N–H and O–H groups in total. The van der Waals surface area contributed by atoms with Crippen LogP contribution in [0.3, 0.4) is 0 Å². The molecule has 1 heterocycles. The van der Waals surface area contributed by atoms with Crippen LogP contribution in [-0.2, 0) is 19.2 Å². The number of thioether (sulfide) groups is 2. The number of carboxylic acid groups (broad SMARTS) is 1. The van der Waals surface area contributed by atoms with E-state index < -0.39 is 48.1 Å². The third-order valence-corrected chi connectivity index (χ3v) is 6.20. The van der Waals surface area contributed by atoms with Crippen LogP contribution in [0.25, 0.3) is 0 Å². The zero-order valence-electron chi connectivity index (χ0n) is 18.2. The molecule has 10 nitrogen and oxygen atoms in total. The first kappa shape index (κ1) is 27.5. The van der Waals surface area contributed by atoms with Gasteiger partial charge in [-0.3, -0.25) is 14.4 Å². The second-order valence-corrected chi connectivity index (χ2v) is 9.37. The minimum absolute atomic E-state index is 0.256. The number of carbonyl (C=O) groups is 4. The summed E-state index contributed by atoms with van der Waals surface area (Å²) in [6.45, 7) is 2.09. The zero-order chi connectivity index (χ0) is 23.4. The van der Waals surface area contributed by atoms with Crippen molar-refractivity contribution in [3.05, 3.63) is 0 Å². The van der Waals surface area contributed by atoms with Gasteiger partial charge in [0.25, 0.3) is 0 Å². The van der Waals surface area contributed by atoms with Gasteiger partial charge in [-0.2, -0.15) is 23.5 Å². The lowest BCUT2D eigenvalue weighted by molar-refractivity contribution is -0.142. The minimum Gasteiger partial charge on any atom is -0.480 e. The van der Waals surface area contributed by atoms with Crippen LogP contribution in [0.5, 0.6) is 0 Å². The first-order chi connectivity index (χ1) is 14.7. The summed E-state index contributed by atoms with van der Waals surface area (Å²) in [4.78, 5) is 49.3. The second-order valence-electron chi connectivity index (χ2n) is 7.40. The molecule has 1 aliphatic heterocycles. The van der Waals surface area contributed by atoms with Gasteiger partial charge in [0.1, 0.15) is 18.1 Å². The Balaban J connectivity index is 2.83. The lowest BCUT2D eigenvalue weighted by atomic mass is 10.1. The smallest absolute Gasteiger partial charge is 0.326 e. The summed E-state index contributed by atoms with van der Waals surface area (Å²) in [7, 11) is 0. The highest BCUT2D eigenvalue weighted by Crippen LogP contribution is 2.08. The normalized spacial score (nSPS) is 19.7. The maximum absolute atomic E-state index is 12.8. The number of aliphatic carboxylic acids is 1. The van der Waals surface area contributed by atoms with Crippen LogP contribution in [0.2, 0.25) is 0 Å². The Morgan fingerprint density at radius 2 is 1.58 bits per heavy atom. The Kier molecular flexibility index (Phi) is 12.9. The van der Waals surface area contributed by atoms with E-state index in [4.69, 9.17) is 0 Å². The highest BCUT2D eigenvalue weighted by Gasteiger charge is 2.33. The number of nitrogens with one attached hydrogen (secondary N) is 4. The van der Waals surface area contributed by atoms with E-state index in [1.54, 1.807) is 0 Å². The fraction of sp³-hybridized carbons (Fsp3) is 0.789. The molecule has 12 heteroatoms. The topological polar surface area (TPSA) is 157 Å². The monoisotopic (exact) mass is 478 g/mol. The fourth-order valence-electron chi connectivity index (χ4n) is 3.10. The minimum atomic E-state index is -1.23. The highest BCUT2D eigenvalue weighted by molar-refractivity contribution is 7.98. The first-order valence-electron chi connectivity index (χ1n) is 10.2. The van der Waals surface area contributed by atoms with Gasteiger partial charge in [0.2, 0.25) is 17.7 Å². The van der Waals surface area contributed by atoms with Crippen molar-refractivity contribution in [2.45, 2.75) is 62.9 Å². The standard InChI is InChI=1S/C19H34N4O6S2/c1-11(24)15(23-16(25)12-5-4-8-20-12)18(27)21-13(6-9-30-2)17(26)22-14(19(28)29)7-10-31-3/h11-15,20,24H,4-10H2,1-3H3,(H,21,27)(H,22,26)(H,23,25)(H,28,29). The van der Waals surface area contributed by atoms with Crippen molar-refractivity contribution in [3.63, 3.8) is 0 Å². The molecule has 5 unspecified atom stereocenters. The van der Waals surface area contributed by atoms with Crippen molar-refractivity contribution in [2.24, 2.45) is 0 Å². The molecule has 178 valence electrons. The number of hydrogen-bond donors (Lipinski definition) is 6. The summed E-state index contributed by atoms with van der Waals surface area (Å²) in [5.74, 6) is -1.71. The Hall–Kier alpha value is -1.50. The third kappa shape index (κ3) is 9.67. The quantitative estimate of drug-likeness (QED) is 0.187. The van der Waals surface area contributed by atoms with Crippen molar-refractivity contribution in [1.29, 1.82) is 0 Å². The molecule has 5 atom stereocenters. The van der Waals surface area contributed by atoms with Gasteiger partial charge >= 0.3 is 5.97 Å². The molecule has 1 saturated heterocycles. The second kappa shape index (κ2) is 14.5. The number of aliphatic hydroxyl groups is 1. The van der Waals surface area contributed by atoms with E-state index in [1.807, 2.05) is 12.5 Å². The van der Waals surface area contributed by atoms with E-state index in [1.165, 1.54) is 30.4 Å². The number of carboxylic acids is 1. The van der Waals surface area contributed by atoms with Crippen molar-refractivity contribution >= 4 is 47.2 Å². The molecule has 1 aliphatic rings. The molecule has 0 saturated carbocycles. The van der Waals surface area contributed by atoms with E-state index in [-0.39, 0.29) is 18.7 Å². The van der Waals surface area contributed by atoms with E-state index >= 15 is 0 Å². The number of aliphatic hydroxyl groups excluding tert-OH is 1. The van der Waals surface area contributed by atoms with Crippen LogP contribution in [0.1, 0.15) is 32.6 Å². The van der Waals surface area contributed by atoms with Crippen LogP contribution < -0.4 is 21.3 Å². The molecule has 0 aliphatic carbocycles. The van der Waals surface area contributed by atoms with E-state index in [2.05, 4.69) is 21.3 Å². The molecule has 1 rings (SSSR count). The molecule has 0 bridgehead atoms. The van der Waals surface area contributed by atoms with Gasteiger partial charge in [0.05, 0.1) is 12.1 Å². The van der Waals surface area contributed by atoms with Crippen LogP contribution in [0, 0.1) is 0 Å². The van der Waals surface area contributed by atoms with Crippen LogP contribution in [0.15, 0.2) is 0 Å². The summed E-state index contributed by atoms with van der Waals surface area (Å²) in [5.41, 5.74) is 0. The molecule has 0 radical (unpaired) electrons. The van der Waals surface area contributed by atoms with Gasteiger partial charge in [0.15, 0.2) is 0 Å². The molecule has 0 spiro atoms. The third-order valence-electron chi connectivity index (χ3n) is 4.91. The molecule has 31 heavy (non-hydrogen) atoms. The van der Waals surface area contributed by atoms with Crippen LogP contribution in [0.4, 0.5) is 0 Å². The molecular formula is C19H34N4O6S2. The van der Waals surface area contributed by atoms with E-state index in [0.717, 1.165) is 6.42 Å². The van der Waals surface area contributed by atoms with Crippen molar-refractivity contribution in [1.82, 2.24) is 21.3 Å². The van der Waals surface area contributed by atoms with E-state index in [9.17, 15) is 29.4 Å². The Morgan fingerprint density at radius 3 is 2.06 bits per heavy atom. The van der Waals surface area contributed by atoms with Crippen molar-refractivity contribution in [3.8, 4) is 0 Å². The molecule has 3 amide bonds. The number of carbonyl (C=O) groups excluding carboxylic acids is 3. The average Bonchev–Trinajstić information content (AvgIpc) is 3.26. The number of rotatable bonds is 14. The van der Waals surface area contributed by atoms with Gasteiger partial charge in [-0.25, -0.2) is 4.79 Å². The van der Waals surface area contributed by atoms with Crippen LogP contribution in [-0.4, -0.2) is 94.7 Å². The first-order valence-corrected chi connectivity index (χ1v) is 13.0. The highest BCUT2D eigenvalue weighted by atomic mass is 32.2. The maximum atomic E-state index is 12.8. The molecule has 1 fully saturated rings. The Morgan fingerprint density at radius 1 is 1.00 bits per heavy atom. The SMILES string of the molecule is CSCCC(NC(=O)C(CCSC)NC(=O)C(NC(=O)C1CCCN1)C(C)O)C(=O)O. The van der Waals surface area contributed by atoms with Crippen molar-refractivity contribution in [2.75, 3.05) is 30.6 Å². The summed E-state index contributed by atoms with van der Waals surface area (Å²) in [5, 5.41) is 30.0. The van der Waals surface area contributed by atoms with E-state index in [0.29, 0.717) is 24.5 Å². The summed E-state index contributed by atoms with van der Waals surface area (Å²) in [6.07, 6.45) is 4.54. The summed E-state index contributed by atoms with van der Waals surface area (Å²) < 4.78 is 0. The van der Waals surface area contributed by atoms with Gasteiger partial charge < -0.3 is 31.5 Å².